The lowest BCUT2D eigenvalue weighted by Crippen LogP contribution is -2.50. The smallest absolute Gasteiger partial charge is 0.0967 e. The van der Waals surface area contributed by atoms with Crippen LogP contribution >= 0.6 is 11.6 Å². The third-order valence-electron chi connectivity index (χ3n) is 7.02. The number of ether oxygens (including phenoxy) is 2. The maximum Gasteiger partial charge on any atom is 0.0967 e. The van der Waals surface area contributed by atoms with Gasteiger partial charge in [-0.25, -0.2) is 10.5 Å². The Kier molecular flexibility index (Phi) is 6.32. The Morgan fingerprint density at radius 2 is 2.24 bits per heavy atom. The van der Waals surface area contributed by atoms with Crippen LogP contribution in [0.15, 0.2) is 36.3 Å². The van der Waals surface area contributed by atoms with E-state index in [0.29, 0.717) is 31.5 Å². The van der Waals surface area contributed by atoms with Crippen LogP contribution in [0.3, 0.4) is 0 Å². The molecule has 1 aromatic heterocycles. The Morgan fingerprint density at radius 3 is 3.00 bits per heavy atom. The fourth-order valence-electron chi connectivity index (χ4n) is 5.10. The van der Waals surface area contributed by atoms with Crippen LogP contribution in [0.4, 0.5) is 0 Å². The van der Waals surface area contributed by atoms with Crippen LogP contribution in [0.2, 0.25) is 5.02 Å². The van der Waals surface area contributed by atoms with Crippen molar-refractivity contribution >= 4 is 11.6 Å². The number of nitrogens with two attached hydrogens (primary N) is 2. The van der Waals surface area contributed by atoms with Crippen molar-refractivity contribution in [3.8, 4) is 0 Å². The number of nitrogens with zero attached hydrogens (tertiary/aromatic N) is 5. The van der Waals surface area contributed by atoms with E-state index in [1.165, 1.54) is 11.1 Å². The Morgan fingerprint density at radius 1 is 1.39 bits per heavy atom. The number of benzene rings is 1. The average molecular weight is 474 g/mol. The van der Waals surface area contributed by atoms with E-state index < -0.39 is 0 Å². The fraction of sp³-hybridized carbons (Fsp3) is 0.565. The number of rotatable bonds is 6. The molecule has 10 heteroatoms. The number of hydrogen-bond acceptors (Lipinski definition) is 8. The summed E-state index contributed by atoms with van der Waals surface area (Å²) in [6.45, 7) is 6.39. The summed E-state index contributed by atoms with van der Waals surface area (Å²) in [7, 11) is 0. The van der Waals surface area contributed by atoms with E-state index in [2.05, 4.69) is 34.3 Å². The third-order valence-corrected chi connectivity index (χ3v) is 7.25. The van der Waals surface area contributed by atoms with Gasteiger partial charge in [0.1, 0.15) is 0 Å². The van der Waals surface area contributed by atoms with Crippen molar-refractivity contribution in [1.82, 2.24) is 24.9 Å². The van der Waals surface area contributed by atoms with Crippen LogP contribution in [-0.2, 0) is 34.6 Å². The summed E-state index contributed by atoms with van der Waals surface area (Å²) in [6.07, 6.45) is 6.52. The molecule has 0 amide bonds. The zero-order valence-electron chi connectivity index (χ0n) is 19.0. The second kappa shape index (κ2) is 9.23. The average Bonchev–Trinajstić information content (AvgIpc) is 3.16. The largest absolute Gasteiger partial charge is 0.399 e. The molecule has 33 heavy (non-hydrogen) atoms. The van der Waals surface area contributed by atoms with Crippen molar-refractivity contribution in [3.63, 3.8) is 0 Å². The van der Waals surface area contributed by atoms with Gasteiger partial charge in [0.05, 0.1) is 49.9 Å². The lowest BCUT2D eigenvalue weighted by atomic mass is 9.77. The molecule has 0 radical (unpaired) electrons. The Hall–Kier alpha value is -2.17. The number of aromatic nitrogens is 3. The van der Waals surface area contributed by atoms with Gasteiger partial charge in [-0.15, -0.1) is 5.10 Å². The van der Waals surface area contributed by atoms with Gasteiger partial charge in [-0.2, -0.15) is 0 Å². The van der Waals surface area contributed by atoms with Crippen LogP contribution in [-0.4, -0.2) is 63.4 Å². The van der Waals surface area contributed by atoms with Crippen molar-refractivity contribution < 1.29 is 9.47 Å². The van der Waals surface area contributed by atoms with Gasteiger partial charge in [0.15, 0.2) is 0 Å². The minimum Gasteiger partial charge on any atom is -0.399 e. The minimum absolute atomic E-state index is 0.190. The molecule has 2 saturated heterocycles. The van der Waals surface area contributed by atoms with Gasteiger partial charge in [0.2, 0.25) is 0 Å². The zero-order chi connectivity index (χ0) is 23.0. The summed E-state index contributed by atoms with van der Waals surface area (Å²) in [5, 5.41) is 11.0. The third kappa shape index (κ3) is 4.74. The SMILES string of the molecule is C[C@H]1C[C@@]2(CCN1Cc1cn(C/C(N)=C/N(N)C3COC3)nn1)OCCc1ccc(Cl)cc12. The molecule has 3 aliphatic rings. The van der Waals surface area contributed by atoms with E-state index in [4.69, 9.17) is 32.7 Å². The Labute approximate surface area is 199 Å². The molecular formula is C23H32ClN7O2. The van der Waals surface area contributed by atoms with Crippen molar-refractivity contribution in [3.05, 3.63) is 58.1 Å². The molecule has 4 N–H and O–H groups in total. The molecule has 2 aromatic rings. The Balaban J connectivity index is 1.21. The van der Waals surface area contributed by atoms with E-state index in [1.807, 2.05) is 12.3 Å². The lowest BCUT2D eigenvalue weighted by Gasteiger charge is -2.48. The summed E-state index contributed by atoms with van der Waals surface area (Å²) in [4.78, 5) is 2.44. The summed E-state index contributed by atoms with van der Waals surface area (Å²) in [5.41, 5.74) is 10.1. The van der Waals surface area contributed by atoms with E-state index in [-0.39, 0.29) is 11.6 Å². The minimum atomic E-state index is -0.245. The number of hydrazine groups is 1. The highest BCUT2D eigenvalue weighted by Crippen LogP contribution is 2.44. The topological polar surface area (TPSA) is 108 Å². The lowest BCUT2D eigenvalue weighted by molar-refractivity contribution is -0.113. The molecule has 1 aromatic carbocycles. The summed E-state index contributed by atoms with van der Waals surface area (Å²) < 4.78 is 13.3. The van der Waals surface area contributed by atoms with Gasteiger partial charge in [-0.3, -0.25) is 4.90 Å². The number of likely N-dealkylation sites (tertiary alicyclic amines) is 1. The van der Waals surface area contributed by atoms with Gasteiger partial charge in [0.25, 0.3) is 0 Å². The predicted octanol–water partition coefficient (Wildman–Crippen LogP) is 1.76. The fourth-order valence-corrected chi connectivity index (χ4v) is 5.28. The van der Waals surface area contributed by atoms with Crippen molar-refractivity contribution in [2.75, 3.05) is 26.4 Å². The second-order valence-corrected chi connectivity index (χ2v) is 9.85. The molecule has 2 fully saturated rings. The van der Waals surface area contributed by atoms with E-state index in [1.54, 1.807) is 15.9 Å². The van der Waals surface area contributed by atoms with Gasteiger partial charge in [-0.05, 0) is 49.4 Å². The highest BCUT2D eigenvalue weighted by Gasteiger charge is 2.43. The number of allylic oxidation sites excluding steroid dienone is 1. The highest BCUT2D eigenvalue weighted by atomic mass is 35.5. The van der Waals surface area contributed by atoms with E-state index in [9.17, 15) is 0 Å². The van der Waals surface area contributed by atoms with Crippen LogP contribution in [0.5, 0.6) is 0 Å². The molecule has 0 aliphatic carbocycles. The second-order valence-electron chi connectivity index (χ2n) is 9.42. The van der Waals surface area contributed by atoms with Crippen molar-refractivity contribution in [2.24, 2.45) is 11.6 Å². The summed E-state index contributed by atoms with van der Waals surface area (Å²) in [6, 6.07) is 6.77. The number of piperidine rings is 1. The number of halogens is 1. The highest BCUT2D eigenvalue weighted by molar-refractivity contribution is 6.30. The summed E-state index contributed by atoms with van der Waals surface area (Å²) in [5.74, 6) is 6.00. The van der Waals surface area contributed by atoms with Crippen molar-refractivity contribution in [2.45, 2.75) is 57.0 Å². The first-order valence-corrected chi connectivity index (χ1v) is 11.9. The summed E-state index contributed by atoms with van der Waals surface area (Å²) >= 11 is 6.33. The molecule has 178 valence electrons. The molecule has 0 bridgehead atoms. The molecule has 0 unspecified atom stereocenters. The molecule has 5 rings (SSSR count). The van der Waals surface area contributed by atoms with Crippen molar-refractivity contribution in [1.29, 1.82) is 0 Å². The van der Waals surface area contributed by atoms with Gasteiger partial charge >= 0.3 is 0 Å². The molecule has 0 saturated carbocycles. The first kappa shape index (κ1) is 22.6. The molecule has 4 heterocycles. The van der Waals surface area contributed by atoms with Crippen LogP contribution in [0.1, 0.15) is 36.6 Å². The standard InChI is InChI=1S/C23H32ClN7O2/c1-16-9-23(22-8-18(24)3-2-17(22)4-7-33-23)5-6-29(16)12-20-13-30(28-27-20)10-19(25)11-31(26)21-14-32-15-21/h2-3,8,11,13,16,21H,4-7,9-10,12,14-15,25-26H2,1H3/b19-11-/t16-,23+/m0/s1. The molecule has 1 spiro atoms. The maximum absolute atomic E-state index is 6.41. The molecule has 9 nitrogen and oxygen atoms in total. The van der Waals surface area contributed by atoms with E-state index >= 15 is 0 Å². The van der Waals surface area contributed by atoms with Crippen LogP contribution in [0.25, 0.3) is 0 Å². The monoisotopic (exact) mass is 473 g/mol. The first-order valence-electron chi connectivity index (χ1n) is 11.5. The maximum atomic E-state index is 6.41. The number of hydrogen-bond donors (Lipinski definition) is 2. The normalized spacial score (nSPS) is 26.3. The van der Waals surface area contributed by atoms with Gasteiger partial charge in [0, 0.05) is 36.1 Å². The Bertz CT molecular complexity index is 1020. The van der Waals surface area contributed by atoms with Gasteiger partial charge < -0.3 is 20.2 Å². The zero-order valence-corrected chi connectivity index (χ0v) is 19.7. The molecule has 3 aliphatic heterocycles. The van der Waals surface area contributed by atoms with E-state index in [0.717, 1.165) is 49.7 Å². The molecule has 2 atom stereocenters. The number of fused-ring (bicyclic) bond motifs is 2. The quantitative estimate of drug-likeness (QED) is 0.482. The van der Waals surface area contributed by atoms with Crippen LogP contribution < -0.4 is 11.6 Å². The molecular weight excluding hydrogens is 442 g/mol. The van der Waals surface area contributed by atoms with Crippen LogP contribution in [0, 0.1) is 0 Å². The predicted molar refractivity (Wildman–Crippen MR) is 125 cm³/mol. The first-order chi connectivity index (χ1) is 15.9. The van der Waals surface area contributed by atoms with Gasteiger partial charge in [-0.1, -0.05) is 22.9 Å².